The van der Waals surface area contributed by atoms with Crippen molar-refractivity contribution in [3.05, 3.63) is 0 Å². The molecule has 1 rings (SSSR count). The number of aliphatic carboxylic acids is 1. The Bertz CT molecular complexity index is 324. The van der Waals surface area contributed by atoms with E-state index in [0.717, 1.165) is 12.8 Å². The van der Waals surface area contributed by atoms with Crippen LogP contribution in [0.3, 0.4) is 0 Å². The van der Waals surface area contributed by atoms with E-state index in [1.165, 1.54) is 44.9 Å². The molecule has 4 nitrogen and oxygen atoms in total. The summed E-state index contributed by atoms with van der Waals surface area (Å²) in [6.07, 6.45) is 13.1. The van der Waals surface area contributed by atoms with Gasteiger partial charge in [-0.2, -0.15) is 0 Å². The fraction of sp³-hybridized carbons (Fsp3) is 0.882. The third-order valence-corrected chi connectivity index (χ3v) is 4.44. The van der Waals surface area contributed by atoms with Crippen molar-refractivity contribution in [2.24, 2.45) is 5.41 Å². The van der Waals surface area contributed by atoms with Crippen molar-refractivity contribution >= 4 is 11.9 Å². The second-order valence-electron chi connectivity index (χ2n) is 6.44. The molecule has 1 aliphatic carbocycles. The van der Waals surface area contributed by atoms with Crippen molar-refractivity contribution in [2.75, 3.05) is 6.54 Å². The summed E-state index contributed by atoms with van der Waals surface area (Å²) in [4.78, 5) is 22.6. The van der Waals surface area contributed by atoms with E-state index in [2.05, 4.69) is 12.2 Å². The summed E-state index contributed by atoms with van der Waals surface area (Å²) in [5, 5.41) is 11.8. The van der Waals surface area contributed by atoms with Crippen LogP contribution in [-0.4, -0.2) is 23.5 Å². The molecule has 1 saturated carbocycles. The van der Waals surface area contributed by atoms with E-state index in [1.54, 1.807) is 0 Å². The smallest absolute Gasteiger partial charge is 0.311 e. The summed E-state index contributed by atoms with van der Waals surface area (Å²) >= 11 is 0. The Hall–Kier alpha value is -1.06. The largest absolute Gasteiger partial charge is 0.481 e. The minimum Gasteiger partial charge on any atom is -0.481 e. The minimum atomic E-state index is -0.772. The number of hydrogen-bond acceptors (Lipinski definition) is 2. The van der Waals surface area contributed by atoms with Gasteiger partial charge in [-0.05, 0) is 19.3 Å². The molecule has 0 heterocycles. The Morgan fingerprint density at radius 1 is 0.952 bits per heavy atom. The Balaban J connectivity index is 1.89. The van der Waals surface area contributed by atoms with Crippen LogP contribution in [0.25, 0.3) is 0 Å². The molecule has 0 saturated heterocycles. The maximum absolute atomic E-state index is 11.6. The number of carboxylic acids is 1. The van der Waals surface area contributed by atoms with E-state index in [0.29, 0.717) is 25.8 Å². The highest BCUT2D eigenvalue weighted by Crippen LogP contribution is 2.45. The topological polar surface area (TPSA) is 66.4 Å². The van der Waals surface area contributed by atoms with Gasteiger partial charge < -0.3 is 10.4 Å². The van der Waals surface area contributed by atoms with Gasteiger partial charge in [0.15, 0.2) is 0 Å². The van der Waals surface area contributed by atoms with Gasteiger partial charge >= 0.3 is 5.97 Å². The molecule has 122 valence electrons. The molecule has 1 fully saturated rings. The molecule has 4 heteroatoms. The van der Waals surface area contributed by atoms with E-state index in [1.807, 2.05) is 0 Å². The first kappa shape index (κ1) is 18.0. The van der Waals surface area contributed by atoms with Gasteiger partial charge in [0.2, 0.25) is 5.91 Å². The maximum Gasteiger partial charge on any atom is 0.311 e. The number of hydrogen-bond donors (Lipinski definition) is 2. The SMILES string of the molecule is CCCCCCCCCCCC(=O)NCC1(C(=O)O)CC1. The lowest BCUT2D eigenvalue weighted by atomic mass is 10.1. The minimum absolute atomic E-state index is 0.00507. The van der Waals surface area contributed by atoms with Crippen molar-refractivity contribution in [1.29, 1.82) is 0 Å². The molecule has 0 aromatic carbocycles. The molecule has 0 bridgehead atoms. The molecule has 0 aromatic rings. The van der Waals surface area contributed by atoms with Crippen LogP contribution in [0.4, 0.5) is 0 Å². The second-order valence-corrected chi connectivity index (χ2v) is 6.44. The summed E-state index contributed by atoms with van der Waals surface area (Å²) in [6, 6.07) is 0. The van der Waals surface area contributed by atoms with Crippen molar-refractivity contribution in [3.63, 3.8) is 0 Å². The van der Waals surface area contributed by atoms with Gasteiger partial charge in [-0.25, -0.2) is 0 Å². The number of amides is 1. The first-order chi connectivity index (χ1) is 10.1. The number of carbonyl (C=O) groups excluding carboxylic acids is 1. The molecule has 0 aromatic heterocycles. The predicted molar refractivity (Wildman–Crippen MR) is 84.2 cm³/mol. The first-order valence-corrected chi connectivity index (χ1v) is 8.61. The number of carboxylic acid groups (broad SMARTS) is 1. The van der Waals surface area contributed by atoms with Crippen LogP contribution >= 0.6 is 0 Å². The highest BCUT2D eigenvalue weighted by molar-refractivity contribution is 5.80. The highest BCUT2D eigenvalue weighted by Gasteiger charge is 2.50. The Kier molecular flexibility index (Phi) is 8.40. The van der Waals surface area contributed by atoms with Gasteiger partial charge in [-0.3, -0.25) is 9.59 Å². The maximum atomic E-state index is 11.6. The van der Waals surface area contributed by atoms with E-state index < -0.39 is 11.4 Å². The summed E-state index contributed by atoms with van der Waals surface area (Å²) in [6.45, 7) is 2.53. The van der Waals surface area contributed by atoms with Crippen LogP contribution in [0.2, 0.25) is 0 Å². The lowest BCUT2D eigenvalue weighted by molar-refractivity contribution is -0.143. The lowest BCUT2D eigenvalue weighted by Gasteiger charge is -2.10. The van der Waals surface area contributed by atoms with Gasteiger partial charge in [-0.1, -0.05) is 58.3 Å². The number of rotatable bonds is 13. The Labute approximate surface area is 128 Å². The number of nitrogens with one attached hydrogen (secondary N) is 1. The van der Waals surface area contributed by atoms with Crippen molar-refractivity contribution in [2.45, 2.75) is 84.0 Å². The molecule has 21 heavy (non-hydrogen) atoms. The van der Waals surface area contributed by atoms with E-state index in [4.69, 9.17) is 5.11 Å². The molecule has 0 aliphatic heterocycles. The van der Waals surface area contributed by atoms with Gasteiger partial charge in [0, 0.05) is 13.0 Å². The van der Waals surface area contributed by atoms with Crippen LogP contribution in [0.1, 0.15) is 84.0 Å². The molecular formula is C17H31NO3. The van der Waals surface area contributed by atoms with Crippen LogP contribution in [0.5, 0.6) is 0 Å². The van der Waals surface area contributed by atoms with E-state index in [9.17, 15) is 9.59 Å². The monoisotopic (exact) mass is 297 g/mol. The van der Waals surface area contributed by atoms with E-state index in [-0.39, 0.29) is 5.91 Å². The Morgan fingerprint density at radius 2 is 1.48 bits per heavy atom. The second kappa shape index (κ2) is 9.80. The highest BCUT2D eigenvalue weighted by atomic mass is 16.4. The molecule has 0 spiro atoms. The molecule has 0 radical (unpaired) electrons. The standard InChI is InChI=1S/C17H31NO3/c1-2-3-4-5-6-7-8-9-10-11-15(19)18-14-17(12-13-17)16(20)21/h2-14H2,1H3,(H,18,19)(H,20,21). The average Bonchev–Trinajstić information content (AvgIpc) is 3.24. The molecule has 2 N–H and O–H groups in total. The quantitative estimate of drug-likeness (QED) is 0.507. The fourth-order valence-electron chi connectivity index (χ4n) is 2.57. The summed E-state index contributed by atoms with van der Waals surface area (Å²) in [5.74, 6) is -0.767. The van der Waals surface area contributed by atoms with Gasteiger partial charge in [0.25, 0.3) is 0 Å². The summed E-state index contributed by atoms with van der Waals surface area (Å²) in [7, 11) is 0. The number of unbranched alkanes of at least 4 members (excludes halogenated alkanes) is 8. The van der Waals surface area contributed by atoms with Gasteiger partial charge in [-0.15, -0.1) is 0 Å². The lowest BCUT2D eigenvalue weighted by Crippen LogP contribution is -2.34. The van der Waals surface area contributed by atoms with Crippen molar-refractivity contribution in [1.82, 2.24) is 5.32 Å². The fourth-order valence-corrected chi connectivity index (χ4v) is 2.57. The van der Waals surface area contributed by atoms with Crippen LogP contribution < -0.4 is 5.32 Å². The van der Waals surface area contributed by atoms with Gasteiger partial charge in [0.1, 0.15) is 0 Å². The van der Waals surface area contributed by atoms with Crippen LogP contribution in [-0.2, 0) is 9.59 Å². The molecular weight excluding hydrogens is 266 g/mol. The summed E-state index contributed by atoms with van der Waals surface area (Å²) < 4.78 is 0. The average molecular weight is 297 g/mol. The molecule has 0 atom stereocenters. The van der Waals surface area contributed by atoms with Crippen molar-refractivity contribution in [3.8, 4) is 0 Å². The number of carbonyl (C=O) groups is 2. The van der Waals surface area contributed by atoms with Gasteiger partial charge in [0.05, 0.1) is 5.41 Å². The van der Waals surface area contributed by atoms with Crippen molar-refractivity contribution < 1.29 is 14.7 Å². The zero-order valence-electron chi connectivity index (χ0n) is 13.5. The van der Waals surface area contributed by atoms with E-state index >= 15 is 0 Å². The molecule has 1 aliphatic rings. The zero-order valence-corrected chi connectivity index (χ0v) is 13.5. The summed E-state index contributed by atoms with van der Waals surface area (Å²) in [5.41, 5.74) is -0.645. The predicted octanol–water partition coefficient (Wildman–Crippen LogP) is 3.89. The zero-order chi connectivity index (χ0) is 15.6. The first-order valence-electron chi connectivity index (χ1n) is 8.61. The normalized spacial score (nSPS) is 15.7. The van der Waals surface area contributed by atoms with Crippen LogP contribution in [0.15, 0.2) is 0 Å². The molecule has 0 unspecified atom stereocenters. The molecule has 1 amide bonds. The van der Waals surface area contributed by atoms with Crippen LogP contribution in [0, 0.1) is 5.41 Å². The Morgan fingerprint density at radius 3 is 1.95 bits per heavy atom. The third kappa shape index (κ3) is 7.49. The third-order valence-electron chi connectivity index (χ3n) is 4.44.